The highest BCUT2D eigenvalue weighted by Gasteiger charge is 2.18. The predicted molar refractivity (Wildman–Crippen MR) is 91.4 cm³/mol. The van der Waals surface area contributed by atoms with Crippen molar-refractivity contribution in [3.05, 3.63) is 48.0 Å². The van der Waals surface area contributed by atoms with Crippen molar-refractivity contribution < 1.29 is 22.6 Å². The molecule has 0 heterocycles. The van der Waals surface area contributed by atoms with Gasteiger partial charge in [-0.15, -0.1) is 0 Å². The van der Waals surface area contributed by atoms with Gasteiger partial charge in [-0.25, -0.2) is 13.1 Å². The number of hydrogen-bond donors (Lipinski definition) is 1. The largest absolute Gasteiger partial charge is 0.497 e. The minimum absolute atomic E-state index is 0.116. The molecule has 0 aliphatic rings. The molecule has 2 aromatic rings. The Kier molecular flexibility index (Phi) is 6.05. The zero-order valence-electron chi connectivity index (χ0n) is 13.9. The van der Waals surface area contributed by atoms with Gasteiger partial charge < -0.3 is 14.2 Å². The summed E-state index contributed by atoms with van der Waals surface area (Å²) >= 11 is 0. The molecule has 0 atom stereocenters. The molecule has 2 rings (SSSR count). The van der Waals surface area contributed by atoms with Gasteiger partial charge >= 0.3 is 0 Å². The average molecular weight is 351 g/mol. The molecule has 0 saturated heterocycles. The molecular weight excluding hydrogens is 330 g/mol. The van der Waals surface area contributed by atoms with Crippen LogP contribution in [0.2, 0.25) is 0 Å². The van der Waals surface area contributed by atoms with Gasteiger partial charge in [-0.05, 0) is 42.3 Å². The summed E-state index contributed by atoms with van der Waals surface area (Å²) in [6.45, 7) is 0.226. The summed E-state index contributed by atoms with van der Waals surface area (Å²) in [7, 11) is 0.938. The molecule has 130 valence electrons. The first-order valence-electron chi connectivity index (χ1n) is 7.35. The predicted octanol–water partition coefficient (Wildman–Crippen LogP) is 2.23. The maximum Gasteiger partial charge on any atom is 0.244 e. The molecule has 0 aromatic heterocycles. The van der Waals surface area contributed by atoms with Crippen LogP contribution in [0.5, 0.6) is 17.2 Å². The van der Waals surface area contributed by atoms with Crippen LogP contribution in [0, 0.1) is 0 Å². The highest BCUT2D eigenvalue weighted by molar-refractivity contribution is 7.89. The normalized spacial score (nSPS) is 11.1. The van der Waals surface area contributed by atoms with Gasteiger partial charge in [0.15, 0.2) is 0 Å². The molecule has 0 aliphatic carbocycles. The van der Waals surface area contributed by atoms with Gasteiger partial charge in [-0.2, -0.15) is 0 Å². The molecule has 0 radical (unpaired) electrons. The van der Waals surface area contributed by atoms with Gasteiger partial charge in [-0.3, -0.25) is 0 Å². The first-order chi connectivity index (χ1) is 11.5. The summed E-state index contributed by atoms with van der Waals surface area (Å²) in [4.78, 5) is 0.116. The summed E-state index contributed by atoms with van der Waals surface area (Å²) in [5.74, 6) is 1.69. The smallest absolute Gasteiger partial charge is 0.244 e. The highest BCUT2D eigenvalue weighted by atomic mass is 32.2. The number of sulfonamides is 1. The van der Waals surface area contributed by atoms with Gasteiger partial charge in [0, 0.05) is 6.54 Å². The monoisotopic (exact) mass is 351 g/mol. The van der Waals surface area contributed by atoms with Crippen LogP contribution in [-0.4, -0.2) is 36.3 Å². The van der Waals surface area contributed by atoms with Gasteiger partial charge in [0.2, 0.25) is 10.0 Å². The van der Waals surface area contributed by atoms with Crippen molar-refractivity contribution in [2.24, 2.45) is 0 Å². The number of para-hydroxylation sites is 1. The van der Waals surface area contributed by atoms with Gasteiger partial charge in [0.05, 0.1) is 21.3 Å². The second kappa shape index (κ2) is 8.03. The van der Waals surface area contributed by atoms with Crippen molar-refractivity contribution in [3.8, 4) is 17.2 Å². The lowest BCUT2D eigenvalue weighted by Gasteiger charge is -2.12. The fraction of sp³-hybridized carbons (Fsp3) is 0.294. The molecule has 0 aliphatic heterocycles. The molecule has 0 fully saturated rings. The van der Waals surface area contributed by atoms with E-state index in [4.69, 9.17) is 14.2 Å². The molecule has 6 nitrogen and oxygen atoms in total. The maximum atomic E-state index is 12.4. The molecule has 2 aromatic carbocycles. The fourth-order valence-electron chi connectivity index (χ4n) is 2.32. The van der Waals surface area contributed by atoms with Crippen LogP contribution in [-0.2, 0) is 16.4 Å². The van der Waals surface area contributed by atoms with E-state index in [1.54, 1.807) is 44.6 Å². The molecule has 0 amide bonds. The van der Waals surface area contributed by atoms with Crippen LogP contribution in [0.3, 0.4) is 0 Å². The van der Waals surface area contributed by atoms with Gasteiger partial charge in [-0.1, -0.05) is 12.1 Å². The Morgan fingerprint density at radius 1 is 0.917 bits per heavy atom. The Bertz CT molecular complexity index is 789. The van der Waals surface area contributed by atoms with Crippen LogP contribution in [0.4, 0.5) is 0 Å². The first kappa shape index (κ1) is 18.1. The number of methoxy groups -OCH3 is 3. The van der Waals surface area contributed by atoms with Crippen LogP contribution < -0.4 is 18.9 Å². The maximum absolute atomic E-state index is 12.4. The zero-order chi connectivity index (χ0) is 17.6. The van der Waals surface area contributed by atoms with E-state index in [-0.39, 0.29) is 11.4 Å². The number of nitrogens with one attached hydrogen (secondary N) is 1. The molecule has 0 bridgehead atoms. The van der Waals surface area contributed by atoms with E-state index in [2.05, 4.69) is 4.72 Å². The van der Waals surface area contributed by atoms with E-state index in [0.29, 0.717) is 23.7 Å². The van der Waals surface area contributed by atoms with E-state index >= 15 is 0 Å². The summed E-state index contributed by atoms with van der Waals surface area (Å²) in [5, 5.41) is 0. The number of ether oxygens (including phenoxy) is 3. The number of benzene rings is 2. The molecule has 0 saturated carbocycles. The van der Waals surface area contributed by atoms with E-state index < -0.39 is 10.0 Å². The fourth-order valence-corrected chi connectivity index (χ4v) is 3.52. The molecule has 24 heavy (non-hydrogen) atoms. The molecule has 0 spiro atoms. The highest BCUT2D eigenvalue weighted by Crippen LogP contribution is 2.25. The Morgan fingerprint density at radius 2 is 1.62 bits per heavy atom. The Balaban J connectivity index is 2.11. The van der Waals surface area contributed by atoms with Crippen LogP contribution in [0.25, 0.3) is 0 Å². The van der Waals surface area contributed by atoms with E-state index in [1.165, 1.54) is 13.2 Å². The summed E-state index contributed by atoms with van der Waals surface area (Å²) < 4.78 is 43.0. The standard InChI is InChI=1S/C17H21NO5S/c1-21-14-8-9-15(22-2)13(12-14)10-11-18-24(19,20)17-7-5-4-6-16(17)23-3/h4-9,12,18H,10-11H2,1-3H3. The molecule has 7 heteroatoms. The minimum atomic E-state index is -3.66. The lowest BCUT2D eigenvalue weighted by molar-refractivity contribution is 0.398. The average Bonchev–Trinajstić information content (AvgIpc) is 2.61. The second-order valence-corrected chi connectivity index (χ2v) is 6.71. The van der Waals surface area contributed by atoms with Gasteiger partial charge in [0.25, 0.3) is 0 Å². The zero-order valence-corrected chi connectivity index (χ0v) is 14.7. The molecule has 0 unspecified atom stereocenters. The summed E-state index contributed by atoms with van der Waals surface area (Å²) in [6, 6.07) is 11.9. The topological polar surface area (TPSA) is 73.9 Å². The van der Waals surface area contributed by atoms with E-state index in [9.17, 15) is 8.42 Å². The number of rotatable bonds is 8. The summed E-state index contributed by atoms with van der Waals surface area (Å²) in [6.07, 6.45) is 0.467. The van der Waals surface area contributed by atoms with E-state index in [0.717, 1.165) is 5.56 Å². The Labute approximate surface area is 142 Å². The van der Waals surface area contributed by atoms with Crippen molar-refractivity contribution in [1.82, 2.24) is 4.72 Å². The van der Waals surface area contributed by atoms with Crippen molar-refractivity contribution in [2.45, 2.75) is 11.3 Å². The van der Waals surface area contributed by atoms with Crippen molar-refractivity contribution in [1.29, 1.82) is 0 Å². The minimum Gasteiger partial charge on any atom is -0.497 e. The van der Waals surface area contributed by atoms with Crippen molar-refractivity contribution in [3.63, 3.8) is 0 Å². The molecule has 1 N–H and O–H groups in total. The van der Waals surface area contributed by atoms with Crippen LogP contribution >= 0.6 is 0 Å². The van der Waals surface area contributed by atoms with Crippen molar-refractivity contribution >= 4 is 10.0 Å². The van der Waals surface area contributed by atoms with Crippen LogP contribution in [0.1, 0.15) is 5.56 Å². The Morgan fingerprint density at radius 3 is 2.29 bits per heavy atom. The lowest BCUT2D eigenvalue weighted by Crippen LogP contribution is -2.26. The summed E-state index contributed by atoms with van der Waals surface area (Å²) in [5.41, 5.74) is 0.861. The van der Waals surface area contributed by atoms with Gasteiger partial charge in [0.1, 0.15) is 22.1 Å². The van der Waals surface area contributed by atoms with E-state index in [1.807, 2.05) is 6.07 Å². The third-order valence-corrected chi connectivity index (χ3v) is 5.03. The van der Waals surface area contributed by atoms with Crippen molar-refractivity contribution in [2.75, 3.05) is 27.9 Å². The quantitative estimate of drug-likeness (QED) is 0.789. The van der Waals surface area contributed by atoms with Crippen LogP contribution in [0.15, 0.2) is 47.4 Å². The first-order valence-corrected chi connectivity index (χ1v) is 8.83. The lowest BCUT2D eigenvalue weighted by atomic mass is 10.1. The second-order valence-electron chi connectivity index (χ2n) is 4.98. The Hall–Kier alpha value is -2.25. The SMILES string of the molecule is COc1ccc(OC)c(CCNS(=O)(=O)c2ccccc2OC)c1. The third-order valence-electron chi connectivity index (χ3n) is 3.53. The molecular formula is C17H21NO5S. The third kappa shape index (κ3) is 4.18. The number of hydrogen-bond acceptors (Lipinski definition) is 5.